The van der Waals surface area contributed by atoms with Gasteiger partial charge in [0, 0.05) is 126 Å². The minimum Gasteiger partial charge on any atom is -0.872 e. The molecule has 0 unspecified atom stereocenters. The van der Waals surface area contributed by atoms with E-state index in [-0.39, 0.29) is 39.4 Å². The number of hydrogen-bond donors (Lipinski definition) is 5. The molecule has 0 amide bonds. The molecule has 14 rings (SSSR count). The molecule has 0 saturated carbocycles. The number of anilines is 1. The number of aromatic nitrogens is 3. The maximum Gasteiger partial charge on any atom is 0.339 e. The highest BCUT2D eigenvalue weighted by molar-refractivity contribution is 7.86. The van der Waals surface area contributed by atoms with Gasteiger partial charge in [0.05, 0.1) is 5.56 Å². The number of rotatable bonds is 12. The predicted molar refractivity (Wildman–Crippen MR) is 380 cm³/mol. The lowest BCUT2D eigenvalue weighted by Crippen LogP contribution is -2.32. The van der Waals surface area contributed by atoms with Gasteiger partial charge in [0.2, 0.25) is 11.2 Å². The first kappa shape index (κ1) is 67.5. The molecule has 0 saturated heterocycles. The summed E-state index contributed by atoms with van der Waals surface area (Å²) in [6.45, 7) is 7.54. The molecule has 0 spiro atoms. The zero-order valence-electron chi connectivity index (χ0n) is 54.1. The number of carboxylic acid groups (broad SMARTS) is 2. The van der Waals surface area contributed by atoms with Crippen LogP contribution in [0.2, 0.25) is 0 Å². The minimum atomic E-state index is -4.47. The Kier molecular flexibility index (Phi) is 19.6. The fraction of sp³-hybridized carbons (Fsp3) is 0.141. The van der Waals surface area contributed by atoms with Gasteiger partial charge in [0.1, 0.15) is 28.2 Å². The highest BCUT2D eigenvalue weighted by atomic mass is 32.2. The Hall–Kier alpha value is -10.9. The van der Waals surface area contributed by atoms with Crippen molar-refractivity contribution in [2.24, 2.45) is 7.05 Å². The summed E-state index contributed by atoms with van der Waals surface area (Å²) in [5, 5.41) is 47.5. The third-order valence-electron chi connectivity index (χ3n) is 17.6. The van der Waals surface area contributed by atoms with E-state index in [1.54, 1.807) is 48.5 Å². The van der Waals surface area contributed by atoms with E-state index in [0.29, 0.717) is 21.5 Å². The SMILES string of the molecule is CN1CCc2c(c3ccccc3n2Cc2ccccc2)C1.Cc1cc(C=Cc2ccc3cc(N(C)C)ccc3[n+]2C)c(C)n1-c1ccccc1.O=C(O)c1cc2ccccc2c(Cc2c(O)c(C(=O)O)cc3ccccc23)c1[O-].O=S(=O)(O)c1cccc2c(S(=O)(=O)O)cccc12. The normalized spacial score (nSPS) is 12.4. The number of aryl methyl sites for hydroxylation is 2. The molecule has 17 nitrogen and oxygen atoms in total. The maximum absolute atomic E-state index is 12.9. The molecule has 3 aromatic heterocycles. The molecule has 4 heterocycles. The fourth-order valence-corrected chi connectivity index (χ4v) is 14.2. The summed E-state index contributed by atoms with van der Waals surface area (Å²) in [6, 6.07) is 67.4. The number of fused-ring (bicyclic) bond motifs is 7. The molecule has 10 aromatic carbocycles. The Morgan fingerprint density at radius 1 is 0.598 bits per heavy atom. The Labute approximate surface area is 562 Å². The van der Waals surface area contributed by atoms with Crippen LogP contribution in [-0.2, 0) is 53.2 Å². The van der Waals surface area contributed by atoms with Crippen LogP contribution in [0.25, 0.3) is 72.0 Å². The molecule has 5 N–H and O–H groups in total. The van der Waals surface area contributed by atoms with Gasteiger partial charge in [-0.1, -0.05) is 145 Å². The molecule has 0 atom stereocenters. The standard InChI is InChI=1S/C26H28N3.C23H16O6.C19H20N2.C10H8O6S2/c1-19-17-21(20(2)29(19)24-9-7-6-8-10-24)11-13-23-14-12-22-18-25(27(3)4)15-16-26(22)28(23)5;24-20-16(14-7-3-1-5-12(14)9-18(20)22(26)27)11-17-15-8-4-2-6-13(15)10-19(21(17)25)23(28)29;1-20-12-11-19-17(14-20)16-9-5-6-10-18(16)21(19)13-15-7-3-2-4-8-15;11-17(12,13)9-5-1-3-7-8(9)4-2-6-10(7)18(14,15)16/h6-18H,1-5H3;1-10,24-25H,11H2,(H,26,27)(H,28,29);2-10H,11-14H2,1H3;1-6H,(H,11,12,13)(H,14,15,16)/q+1;;;/p-1. The van der Waals surface area contributed by atoms with Crippen molar-refractivity contribution >= 4 is 104 Å². The van der Waals surface area contributed by atoms with Crippen molar-refractivity contribution in [3.63, 3.8) is 0 Å². The second-order valence-electron chi connectivity index (χ2n) is 24.1. The van der Waals surface area contributed by atoms with E-state index < -0.39 is 53.5 Å². The van der Waals surface area contributed by atoms with E-state index in [4.69, 9.17) is 9.11 Å². The van der Waals surface area contributed by atoms with Crippen molar-refractivity contribution < 1.29 is 60.5 Å². The number of hydrogen-bond acceptors (Lipinski definition) is 10. The Morgan fingerprint density at radius 3 is 1.74 bits per heavy atom. The molecular formula is C78H71N5O12S2. The van der Waals surface area contributed by atoms with Crippen molar-refractivity contribution in [2.45, 2.75) is 49.6 Å². The first-order chi connectivity index (χ1) is 46.4. The highest BCUT2D eigenvalue weighted by Crippen LogP contribution is 2.39. The Morgan fingerprint density at radius 2 is 1.14 bits per heavy atom. The topological polar surface area (TPSA) is 247 Å². The molecule has 13 aromatic rings. The molecule has 1 aliphatic heterocycles. The summed E-state index contributed by atoms with van der Waals surface area (Å²) < 4.78 is 69.8. The smallest absolute Gasteiger partial charge is 0.339 e. The monoisotopic (exact) mass is 1330 g/mol. The number of para-hydroxylation sites is 2. The van der Waals surface area contributed by atoms with E-state index >= 15 is 0 Å². The van der Waals surface area contributed by atoms with Crippen LogP contribution in [0.5, 0.6) is 11.5 Å². The molecule has 1 aliphatic rings. The quantitative estimate of drug-likeness (QED) is 0.0564. The number of aromatic carboxylic acids is 2. The fourth-order valence-electron chi connectivity index (χ4n) is 12.8. The summed E-state index contributed by atoms with van der Waals surface area (Å²) >= 11 is 0. The third-order valence-corrected chi connectivity index (χ3v) is 19.4. The van der Waals surface area contributed by atoms with E-state index in [2.05, 4.69) is 199 Å². The number of aromatic hydroxyl groups is 1. The third kappa shape index (κ3) is 14.4. The largest absolute Gasteiger partial charge is 0.872 e. The van der Waals surface area contributed by atoms with Crippen molar-refractivity contribution in [2.75, 3.05) is 32.6 Å². The van der Waals surface area contributed by atoms with Gasteiger partial charge < -0.3 is 39.4 Å². The van der Waals surface area contributed by atoms with E-state index in [1.807, 2.05) is 0 Å². The number of nitrogens with zero attached hydrogens (tertiary/aromatic N) is 5. The van der Waals surface area contributed by atoms with Gasteiger partial charge in [0.25, 0.3) is 20.2 Å². The van der Waals surface area contributed by atoms with Gasteiger partial charge >= 0.3 is 11.9 Å². The van der Waals surface area contributed by atoms with Crippen LogP contribution in [-0.4, -0.2) is 94.9 Å². The Balaban J connectivity index is 0.000000134. The van der Waals surface area contributed by atoms with Crippen LogP contribution in [0.4, 0.5) is 5.69 Å². The highest BCUT2D eigenvalue weighted by Gasteiger charge is 2.24. The van der Waals surface area contributed by atoms with Gasteiger partial charge in [0.15, 0.2) is 0 Å². The second-order valence-corrected chi connectivity index (χ2v) is 26.8. The molecular weight excluding hydrogens is 1260 g/mol. The van der Waals surface area contributed by atoms with Crippen LogP contribution < -0.4 is 14.6 Å². The van der Waals surface area contributed by atoms with Gasteiger partial charge in [-0.2, -0.15) is 21.4 Å². The van der Waals surface area contributed by atoms with Crippen molar-refractivity contribution in [3.8, 4) is 17.2 Å². The molecule has 0 aliphatic carbocycles. The number of carboxylic acids is 2. The van der Waals surface area contributed by atoms with Crippen molar-refractivity contribution in [1.82, 2.24) is 14.0 Å². The number of likely N-dealkylation sites (N-methyl/N-ethyl adjacent to an activating group) is 1. The first-order valence-electron chi connectivity index (χ1n) is 31.1. The first-order valence-corrected chi connectivity index (χ1v) is 34.0. The van der Waals surface area contributed by atoms with Crippen molar-refractivity contribution in [3.05, 3.63) is 280 Å². The second kappa shape index (κ2) is 28.2. The lowest BCUT2D eigenvalue weighted by molar-refractivity contribution is -0.646. The number of phenols is 1. The van der Waals surface area contributed by atoms with Crippen LogP contribution in [0, 0.1) is 13.8 Å². The van der Waals surface area contributed by atoms with Crippen LogP contribution in [0.3, 0.4) is 0 Å². The lowest BCUT2D eigenvalue weighted by Gasteiger charge is -2.24. The van der Waals surface area contributed by atoms with E-state index in [9.17, 15) is 46.9 Å². The molecule has 0 fully saturated rings. The zero-order chi connectivity index (χ0) is 69.0. The summed E-state index contributed by atoms with van der Waals surface area (Å²) in [5.41, 5.74) is 14.2. The summed E-state index contributed by atoms with van der Waals surface area (Å²) in [4.78, 5) is 26.9. The number of carbonyl (C=O) groups is 2. The summed E-state index contributed by atoms with van der Waals surface area (Å²) in [5.74, 6) is -3.71. The lowest BCUT2D eigenvalue weighted by atomic mass is 9.90. The van der Waals surface area contributed by atoms with Gasteiger partial charge in [-0.25, -0.2) is 9.59 Å². The van der Waals surface area contributed by atoms with E-state index in [1.165, 1.54) is 109 Å². The van der Waals surface area contributed by atoms with Gasteiger partial charge in [-0.15, -0.1) is 0 Å². The van der Waals surface area contributed by atoms with Crippen molar-refractivity contribution in [1.29, 1.82) is 0 Å². The number of pyridine rings is 1. The Bertz CT molecular complexity index is 5280. The molecule has 19 heteroatoms. The van der Waals surface area contributed by atoms with E-state index in [0.717, 1.165) is 38.2 Å². The van der Waals surface area contributed by atoms with Crippen LogP contribution in [0.15, 0.2) is 228 Å². The molecule has 97 heavy (non-hydrogen) atoms. The van der Waals surface area contributed by atoms with Gasteiger partial charge in [-0.3, -0.25) is 9.11 Å². The molecule has 0 bridgehead atoms. The van der Waals surface area contributed by atoms with Crippen LogP contribution >= 0.6 is 0 Å². The predicted octanol–water partition coefficient (Wildman–Crippen LogP) is 14.1. The molecule has 492 valence electrons. The average molecular weight is 1330 g/mol. The summed E-state index contributed by atoms with van der Waals surface area (Å²) in [6.07, 6.45) is 5.47. The minimum absolute atomic E-state index is 0.0233. The molecule has 0 radical (unpaired) electrons. The zero-order valence-corrected chi connectivity index (χ0v) is 55.8. The van der Waals surface area contributed by atoms with Gasteiger partial charge in [-0.05, 0) is 137 Å². The van der Waals surface area contributed by atoms with Crippen LogP contribution in [0.1, 0.15) is 71.3 Å². The summed E-state index contributed by atoms with van der Waals surface area (Å²) in [7, 11) is -0.445. The average Bonchev–Trinajstić information content (AvgIpc) is 1.75. The number of benzene rings is 10. The maximum atomic E-state index is 12.9.